The van der Waals surface area contributed by atoms with Crippen molar-refractivity contribution in [2.45, 2.75) is 39.7 Å². The minimum Gasteiger partial charge on any atom is -0.368 e. The van der Waals surface area contributed by atoms with Crippen molar-refractivity contribution in [1.82, 2.24) is 15.1 Å². The Morgan fingerprint density at radius 2 is 2.05 bits per heavy atom. The Hall–Kier alpha value is -1.54. The number of nitrogens with two attached hydrogens (primary N) is 1. The Morgan fingerprint density at radius 3 is 2.57 bits per heavy atom. The van der Waals surface area contributed by atoms with Gasteiger partial charge in [-0.25, -0.2) is 0 Å². The van der Waals surface area contributed by atoms with Gasteiger partial charge in [0.2, 0.25) is 16.9 Å². The van der Waals surface area contributed by atoms with Gasteiger partial charge in [0.25, 0.3) is 0 Å². The van der Waals surface area contributed by atoms with E-state index < -0.39 is 11.9 Å². The molecule has 0 aromatic carbocycles. The number of nitrogens with zero attached hydrogens (tertiary/aromatic N) is 3. The van der Waals surface area contributed by atoms with Gasteiger partial charge >= 0.3 is 0 Å². The van der Waals surface area contributed by atoms with Crippen LogP contribution in [0.1, 0.15) is 32.2 Å². The molecular weight excluding hydrogens is 290 g/mol. The first-order chi connectivity index (χ1) is 9.83. The summed E-state index contributed by atoms with van der Waals surface area (Å²) in [7, 11) is 1.70. The van der Waals surface area contributed by atoms with Crippen LogP contribution >= 0.6 is 11.3 Å². The normalized spacial score (nSPS) is 12.7. The third-order valence-electron chi connectivity index (χ3n) is 2.94. The minimum absolute atomic E-state index is 0.0839. The molecular formula is C13H23N5O2S. The number of primary amides is 1. The van der Waals surface area contributed by atoms with Crippen molar-refractivity contribution < 1.29 is 9.59 Å². The van der Waals surface area contributed by atoms with Gasteiger partial charge in [-0.05, 0) is 19.4 Å². The van der Waals surface area contributed by atoms with Crippen molar-refractivity contribution in [2.75, 3.05) is 18.9 Å². The van der Waals surface area contributed by atoms with E-state index >= 15 is 0 Å². The zero-order valence-corrected chi connectivity index (χ0v) is 13.7. The van der Waals surface area contributed by atoms with E-state index in [0.717, 1.165) is 11.4 Å². The Kier molecular flexibility index (Phi) is 6.70. The van der Waals surface area contributed by atoms with Crippen molar-refractivity contribution in [2.24, 2.45) is 11.7 Å². The molecule has 0 saturated carbocycles. The molecule has 1 heterocycles. The molecule has 0 bridgehead atoms. The maximum Gasteiger partial charge on any atom is 0.240 e. The second-order valence-electron chi connectivity index (χ2n) is 5.39. The van der Waals surface area contributed by atoms with E-state index in [-0.39, 0.29) is 12.5 Å². The number of carbonyl (C=O) groups is 2. The first kappa shape index (κ1) is 17.5. The molecule has 1 rings (SSSR count). The van der Waals surface area contributed by atoms with Crippen LogP contribution in [0.2, 0.25) is 0 Å². The lowest BCUT2D eigenvalue weighted by molar-refractivity contribution is -0.124. The fraction of sp³-hybridized carbons (Fsp3) is 0.692. The number of nitrogens with one attached hydrogen (secondary N) is 1. The van der Waals surface area contributed by atoms with Crippen LogP contribution in [0.15, 0.2) is 0 Å². The summed E-state index contributed by atoms with van der Waals surface area (Å²) < 4.78 is 0. The predicted molar refractivity (Wildman–Crippen MR) is 83.0 cm³/mol. The predicted octanol–water partition coefficient (Wildman–Crippen LogP) is 0.871. The summed E-state index contributed by atoms with van der Waals surface area (Å²) in [6, 6.07) is -0.443. The van der Waals surface area contributed by atoms with E-state index in [1.807, 2.05) is 6.92 Å². The molecule has 7 nitrogen and oxygen atoms in total. The standard InChI is InChI=1S/C13H23N5O2S/c1-5-9(12(14)20)18(4)7-10(19)15-13-17-16-11(21-13)6-8(2)3/h8-9H,5-7H2,1-4H3,(H2,14,20)(H,15,17,19)/t9-/m1/s1. The van der Waals surface area contributed by atoms with E-state index in [1.54, 1.807) is 11.9 Å². The van der Waals surface area contributed by atoms with Crippen molar-refractivity contribution in [1.29, 1.82) is 0 Å². The van der Waals surface area contributed by atoms with E-state index in [2.05, 4.69) is 29.4 Å². The molecule has 1 aromatic rings. The summed E-state index contributed by atoms with van der Waals surface area (Å²) in [6.45, 7) is 6.14. The molecule has 0 spiro atoms. The molecule has 21 heavy (non-hydrogen) atoms. The molecule has 0 aliphatic heterocycles. The summed E-state index contributed by atoms with van der Waals surface area (Å²) in [5, 5.41) is 12.1. The third-order valence-corrected chi connectivity index (χ3v) is 3.80. The Morgan fingerprint density at radius 1 is 1.38 bits per heavy atom. The number of hydrogen-bond donors (Lipinski definition) is 2. The van der Waals surface area contributed by atoms with E-state index in [1.165, 1.54) is 11.3 Å². The Balaban J connectivity index is 2.53. The van der Waals surface area contributed by atoms with E-state index in [9.17, 15) is 9.59 Å². The molecule has 0 fully saturated rings. The van der Waals surface area contributed by atoms with Crippen LogP contribution in [0.25, 0.3) is 0 Å². The SMILES string of the molecule is CC[C@H](C(N)=O)N(C)CC(=O)Nc1nnc(CC(C)C)s1. The van der Waals surface area contributed by atoms with Gasteiger partial charge in [0.15, 0.2) is 0 Å². The highest BCUT2D eigenvalue weighted by Gasteiger charge is 2.21. The summed E-state index contributed by atoms with van der Waals surface area (Å²) in [6.07, 6.45) is 1.41. The van der Waals surface area contributed by atoms with Crippen molar-refractivity contribution in [3.8, 4) is 0 Å². The van der Waals surface area contributed by atoms with Gasteiger partial charge in [-0.15, -0.1) is 10.2 Å². The third kappa shape index (κ3) is 5.76. The average molecular weight is 313 g/mol. The molecule has 118 valence electrons. The number of carbonyl (C=O) groups excluding carboxylic acids is 2. The smallest absolute Gasteiger partial charge is 0.240 e. The highest BCUT2D eigenvalue weighted by Crippen LogP contribution is 2.18. The minimum atomic E-state index is -0.443. The molecule has 0 aliphatic rings. The van der Waals surface area contributed by atoms with Gasteiger partial charge in [-0.1, -0.05) is 32.1 Å². The molecule has 0 aliphatic carbocycles. The van der Waals surface area contributed by atoms with Gasteiger partial charge in [-0.3, -0.25) is 19.8 Å². The maximum atomic E-state index is 11.9. The summed E-state index contributed by atoms with van der Waals surface area (Å²) in [4.78, 5) is 24.8. The van der Waals surface area contributed by atoms with Gasteiger partial charge in [-0.2, -0.15) is 0 Å². The van der Waals surface area contributed by atoms with Crippen LogP contribution in [0.4, 0.5) is 5.13 Å². The Labute approximate surface area is 128 Å². The average Bonchev–Trinajstić information content (AvgIpc) is 2.75. The molecule has 2 amide bonds. The molecule has 8 heteroatoms. The number of aromatic nitrogens is 2. The van der Waals surface area contributed by atoms with Crippen molar-refractivity contribution >= 4 is 28.3 Å². The zero-order chi connectivity index (χ0) is 16.0. The van der Waals surface area contributed by atoms with Crippen LogP contribution in [-0.2, 0) is 16.0 Å². The molecule has 3 N–H and O–H groups in total. The number of rotatable bonds is 8. The molecule has 0 radical (unpaired) electrons. The number of amides is 2. The van der Waals surface area contributed by atoms with Gasteiger partial charge < -0.3 is 5.73 Å². The van der Waals surface area contributed by atoms with Crippen molar-refractivity contribution in [3.63, 3.8) is 0 Å². The molecule has 0 saturated heterocycles. The monoisotopic (exact) mass is 313 g/mol. The fourth-order valence-electron chi connectivity index (χ4n) is 1.96. The first-order valence-electron chi connectivity index (χ1n) is 6.95. The first-order valence-corrected chi connectivity index (χ1v) is 7.76. The van der Waals surface area contributed by atoms with Crippen LogP contribution in [0.3, 0.4) is 0 Å². The number of hydrogen-bond acceptors (Lipinski definition) is 6. The lowest BCUT2D eigenvalue weighted by Crippen LogP contribution is -2.45. The largest absolute Gasteiger partial charge is 0.368 e. The second-order valence-corrected chi connectivity index (χ2v) is 6.45. The molecule has 1 aromatic heterocycles. The summed E-state index contributed by atoms with van der Waals surface area (Å²) in [5.74, 6) is -0.166. The fourth-order valence-corrected chi connectivity index (χ4v) is 2.93. The van der Waals surface area contributed by atoms with Gasteiger partial charge in [0.1, 0.15) is 5.01 Å². The summed E-state index contributed by atoms with van der Waals surface area (Å²) >= 11 is 1.37. The van der Waals surface area contributed by atoms with Crippen molar-refractivity contribution in [3.05, 3.63) is 5.01 Å². The van der Waals surface area contributed by atoms with Crippen LogP contribution in [0.5, 0.6) is 0 Å². The lowest BCUT2D eigenvalue weighted by Gasteiger charge is -2.23. The maximum absolute atomic E-state index is 11.9. The quantitative estimate of drug-likeness (QED) is 0.741. The zero-order valence-electron chi connectivity index (χ0n) is 12.9. The van der Waals surface area contributed by atoms with E-state index in [0.29, 0.717) is 17.5 Å². The summed E-state index contributed by atoms with van der Waals surface area (Å²) in [5.41, 5.74) is 5.29. The second kappa shape index (κ2) is 8.04. The highest BCUT2D eigenvalue weighted by atomic mass is 32.1. The lowest BCUT2D eigenvalue weighted by atomic mass is 10.1. The van der Waals surface area contributed by atoms with Crippen LogP contribution in [-0.4, -0.2) is 46.5 Å². The number of likely N-dealkylation sites (N-methyl/N-ethyl adjacent to an activating group) is 1. The van der Waals surface area contributed by atoms with Crippen LogP contribution < -0.4 is 11.1 Å². The van der Waals surface area contributed by atoms with Crippen LogP contribution in [0, 0.1) is 5.92 Å². The molecule has 1 atom stereocenters. The molecule has 0 unspecified atom stereocenters. The van der Waals surface area contributed by atoms with Gasteiger partial charge in [0, 0.05) is 6.42 Å². The van der Waals surface area contributed by atoms with E-state index in [4.69, 9.17) is 5.73 Å². The highest BCUT2D eigenvalue weighted by molar-refractivity contribution is 7.15. The topological polar surface area (TPSA) is 101 Å². The number of anilines is 1. The Bertz CT molecular complexity index is 489. The van der Waals surface area contributed by atoms with Gasteiger partial charge in [0.05, 0.1) is 12.6 Å².